The van der Waals surface area contributed by atoms with E-state index in [-0.39, 0.29) is 18.1 Å². The topological polar surface area (TPSA) is 72.2 Å². The van der Waals surface area contributed by atoms with Gasteiger partial charge in [0, 0.05) is 51.2 Å². The Morgan fingerprint density at radius 1 is 0.561 bits per heavy atom. The number of nitrogens with two attached hydrogens (primary N) is 1. The molecule has 0 atom stereocenters. The van der Waals surface area contributed by atoms with Crippen molar-refractivity contribution in [3.63, 3.8) is 0 Å². The number of nitrogen functional groups attached to an aromatic ring is 1. The van der Waals surface area contributed by atoms with E-state index in [1.165, 1.54) is 0 Å². The monoisotopic (exact) mass is 530 g/mol. The smallest absolute Gasteiger partial charge is 0.255 e. The Kier molecular flexibility index (Phi) is 8.36. The van der Waals surface area contributed by atoms with Crippen LogP contribution in [0.3, 0.4) is 0 Å². The van der Waals surface area contributed by atoms with E-state index in [0.29, 0.717) is 22.5 Å². The lowest BCUT2D eigenvalue weighted by molar-refractivity contribution is 0.0993. The van der Waals surface area contributed by atoms with Gasteiger partial charge in [-0.2, -0.15) is 0 Å². The highest BCUT2D eigenvalue weighted by Gasteiger charge is 2.14. The molecular weight excluding hydrogens is 504 g/mol. The third-order valence-electron chi connectivity index (χ3n) is 6.20. The van der Waals surface area contributed by atoms with Crippen molar-refractivity contribution in [2.24, 2.45) is 0 Å². The first-order valence-electron chi connectivity index (χ1n) is 13.1. The average molecular weight is 531 g/mol. The third kappa shape index (κ3) is 7.60. The molecule has 41 heavy (non-hydrogen) atoms. The van der Waals surface area contributed by atoms with Gasteiger partial charge in [0.2, 0.25) is 0 Å². The lowest BCUT2D eigenvalue weighted by Gasteiger charge is -2.09. The Morgan fingerprint density at radius 3 is 1.76 bits per heavy atom. The van der Waals surface area contributed by atoms with Crippen LogP contribution in [-0.2, 0) is 6.42 Å². The minimum atomic E-state index is -0.363. The van der Waals surface area contributed by atoms with Gasteiger partial charge >= 0.3 is 0 Å². The molecule has 4 nitrogen and oxygen atoms in total. The van der Waals surface area contributed by atoms with E-state index in [2.05, 4.69) is 29.0 Å². The molecule has 1 amide bonds. The van der Waals surface area contributed by atoms with Crippen LogP contribution in [0.1, 0.15) is 48.5 Å². The summed E-state index contributed by atoms with van der Waals surface area (Å²) in [4.78, 5) is 26.3. The highest BCUT2D eigenvalue weighted by Crippen LogP contribution is 2.18. The predicted molar refractivity (Wildman–Crippen MR) is 165 cm³/mol. The molecule has 0 radical (unpaired) electrons. The predicted octanol–water partition coefficient (Wildman–Crippen LogP) is 6.75. The molecule has 3 N–H and O–H groups in total. The van der Waals surface area contributed by atoms with Gasteiger partial charge in [-0.1, -0.05) is 78.3 Å². The van der Waals surface area contributed by atoms with Gasteiger partial charge < -0.3 is 11.1 Å². The molecule has 0 aliphatic heterocycles. The van der Waals surface area contributed by atoms with Crippen LogP contribution in [0.5, 0.6) is 0 Å². The fourth-order valence-electron chi connectivity index (χ4n) is 4.20. The number of rotatable bonds is 5. The Bertz CT molecular complexity index is 1700. The van der Waals surface area contributed by atoms with Crippen molar-refractivity contribution in [2.45, 2.75) is 6.42 Å². The van der Waals surface area contributed by atoms with E-state index >= 15 is 0 Å². The largest absolute Gasteiger partial charge is 0.399 e. The van der Waals surface area contributed by atoms with Crippen molar-refractivity contribution < 1.29 is 9.59 Å². The number of anilines is 2. The number of carbonyl (C=O) groups is 2. The van der Waals surface area contributed by atoms with Crippen LogP contribution in [0.4, 0.5) is 11.4 Å². The maximum Gasteiger partial charge on any atom is 0.255 e. The zero-order valence-electron chi connectivity index (χ0n) is 22.2. The van der Waals surface area contributed by atoms with Crippen LogP contribution in [0, 0.1) is 23.7 Å². The fraction of sp³-hybridized carbons (Fsp3) is 0.0270. The van der Waals surface area contributed by atoms with E-state index in [9.17, 15) is 9.59 Å². The molecule has 0 saturated heterocycles. The summed E-state index contributed by atoms with van der Waals surface area (Å²) in [6.45, 7) is 0. The molecular formula is C37H26N2O2. The summed E-state index contributed by atoms with van der Waals surface area (Å²) in [6.07, 6.45) is 0.160. The number of nitrogens with one attached hydrogen (secondary N) is 1. The van der Waals surface area contributed by atoms with Crippen molar-refractivity contribution in [3.05, 3.63) is 166 Å². The van der Waals surface area contributed by atoms with Crippen molar-refractivity contribution in [3.8, 4) is 23.7 Å². The van der Waals surface area contributed by atoms with Crippen molar-refractivity contribution in [2.75, 3.05) is 11.1 Å². The van der Waals surface area contributed by atoms with Gasteiger partial charge in [-0.3, -0.25) is 9.59 Å². The molecule has 0 bridgehead atoms. The van der Waals surface area contributed by atoms with Gasteiger partial charge in [-0.05, 0) is 78.4 Å². The van der Waals surface area contributed by atoms with Gasteiger partial charge in [0.1, 0.15) is 0 Å². The maximum absolute atomic E-state index is 13.2. The number of ketones is 1. The highest BCUT2D eigenvalue weighted by atomic mass is 16.1. The summed E-state index contributed by atoms with van der Waals surface area (Å²) < 4.78 is 0. The van der Waals surface area contributed by atoms with E-state index in [1.807, 2.05) is 97.1 Å². The van der Waals surface area contributed by atoms with Crippen molar-refractivity contribution >= 4 is 23.1 Å². The second kappa shape index (κ2) is 12.8. The van der Waals surface area contributed by atoms with Gasteiger partial charge in [-0.15, -0.1) is 0 Å². The summed E-state index contributed by atoms with van der Waals surface area (Å²) in [5.41, 5.74) is 12.0. The van der Waals surface area contributed by atoms with Crippen LogP contribution in [0.2, 0.25) is 0 Å². The molecule has 5 rings (SSSR count). The Hall–Kier alpha value is -5.84. The van der Waals surface area contributed by atoms with E-state index in [0.717, 1.165) is 27.8 Å². The van der Waals surface area contributed by atoms with Crippen LogP contribution < -0.4 is 11.1 Å². The second-order valence-electron chi connectivity index (χ2n) is 9.41. The minimum Gasteiger partial charge on any atom is -0.399 e. The van der Waals surface area contributed by atoms with Crippen LogP contribution in [0.25, 0.3) is 0 Å². The maximum atomic E-state index is 13.2. The molecule has 196 valence electrons. The molecule has 0 fully saturated rings. The average Bonchev–Trinajstić information content (AvgIpc) is 3.00. The number of Topliss-reactive ketones (excluding diaryl/α,β-unsaturated/α-hetero) is 1. The Morgan fingerprint density at radius 2 is 1.10 bits per heavy atom. The molecule has 0 saturated carbocycles. The Balaban J connectivity index is 1.28. The molecule has 5 aromatic rings. The van der Waals surface area contributed by atoms with E-state index in [4.69, 9.17) is 5.73 Å². The van der Waals surface area contributed by atoms with Crippen LogP contribution in [0.15, 0.2) is 127 Å². The quantitative estimate of drug-likeness (QED) is 0.150. The van der Waals surface area contributed by atoms with Gasteiger partial charge in [0.25, 0.3) is 5.91 Å². The molecule has 0 unspecified atom stereocenters. The molecule has 0 spiro atoms. The van der Waals surface area contributed by atoms with Gasteiger partial charge in [0.05, 0.1) is 0 Å². The number of hydrogen-bond donors (Lipinski definition) is 2. The van der Waals surface area contributed by atoms with E-state index < -0.39 is 0 Å². The summed E-state index contributed by atoms with van der Waals surface area (Å²) >= 11 is 0. The first-order valence-corrected chi connectivity index (χ1v) is 13.1. The lowest BCUT2D eigenvalue weighted by atomic mass is 9.99. The fourth-order valence-corrected chi connectivity index (χ4v) is 4.20. The molecule has 5 aromatic carbocycles. The summed E-state index contributed by atoms with van der Waals surface area (Å²) in [6, 6.07) is 39.0. The highest BCUT2D eigenvalue weighted by molar-refractivity contribution is 6.07. The molecule has 4 heteroatoms. The van der Waals surface area contributed by atoms with Crippen molar-refractivity contribution in [1.82, 2.24) is 0 Å². The normalized spacial score (nSPS) is 9.95. The zero-order valence-corrected chi connectivity index (χ0v) is 22.2. The number of hydrogen-bond acceptors (Lipinski definition) is 3. The second-order valence-corrected chi connectivity index (χ2v) is 9.41. The molecule has 0 heterocycles. The van der Waals surface area contributed by atoms with Crippen molar-refractivity contribution in [1.29, 1.82) is 0 Å². The standard InChI is InChI=1S/C37H26N2O2/c38-34-25-32(36(40)23-31-15-7-13-29(21-31)19-17-27-9-3-1-4-10-27)24-33(26-34)37(41)39-35-16-8-14-30(22-35)20-18-28-11-5-2-6-12-28/h1-16,21-22,24-26H,23,38H2,(H,39,41). The third-order valence-corrected chi connectivity index (χ3v) is 6.20. The van der Waals surface area contributed by atoms with Gasteiger partial charge in [-0.25, -0.2) is 0 Å². The molecule has 0 aliphatic carbocycles. The van der Waals surface area contributed by atoms with Gasteiger partial charge in [0.15, 0.2) is 5.78 Å². The molecule has 0 aromatic heterocycles. The lowest BCUT2D eigenvalue weighted by Crippen LogP contribution is -2.14. The number of amides is 1. The first-order chi connectivity index (χ1) is 20.0. The number of carbonyl (C=O) groups excluding carboxylic acids is 2. The summed E-state index contributed by atoms with van der Waals surface area (Å²) in [5, 5.41) is 2.89. The van der Waals surface area contributed by atoms with Crippen LogP contribution >= 0.6 is 0 Å². The summed E-state index contributed by atoms with van der Waals surface area (Å²) in [5.74, 6) is 12.0. The van der Waals surface area contributed by atoms with Crippen LogP contribution in [-0.4, -0.2) is 11.7 Å². The Labute approximate surface area is 239 Å². The minimum absolute atomic E-state index is 0.141. The summed E-state index contributed by atoms with van der Waals surface area (Å²) in [7, 11) is 0. The first kappa shape index (κ1) is 26.8. The number of benzene rings is 5. The SMILES string of the molecule is Nc1cc(C(=O)Cc2cccc(C#Cc3ccccc3)c2)cc(C(=O)Nc2cccc(C#Cc3ccccc3)c2)c1. The van der Waals surface area contributed by atoms with E-state index in [1.54, 1.807) is 30.3 Å². The zero-order chi connectivity index (χ0) is 28.4. The molecule has 0 aliphatic rings.